The van der Waals surface area contributed by atoms with Gasteiger partial charge in [0.25, 0.3) is 0 Å². The summed E-state index contributed by atoms with van der Waals surface area (Å²) in [4.78, 5) is 3.94. The molecule has 5 nitrogen and oxygen atoms in total. The Kier molecular flexibility index (Phi) is 2.87. The number of nitrogens with zero attached hydrogens (tertiary/aromatic N) is 3. The van der Waals surface area contributed by atoms with E-state index in [4.69, 9.17) is 4.74 Å². The van der Waals surface area contributed by atoms with Crippen LogP contribution in [0.3, 0.4) is 0 Å². The van der Waals surface area contributed by atoms with Gasteiger partial charge in [0.2, 0.25) is 0 Å². The Labute approximate surface area is 93.3 Å². The zero-order chi connectivity index (χ0) is 11.5. The second-order valence-electron chi connectivity index (χ2n) is 3.43. The van der Waals surface area contributed by atoms with Gasteiger partial charge in [-0.25, -0.2) is 0 Å². The van der Waals surface area contributed by atoms with Gasteiger partial charge in [-0.2, -0.15) is 5.10 Å². The van der Waals surface area contributed by atoms with E-state index in [9.17, 15) is 5.11 Å². The molecule has 1 unspecified atom stereocenters. The minimum Gasteiger partial charge on any atom is -0.495 e. The fourth-order valence-corrected chi connectivity index (χ4v) is 1.53. The van der Waals surface area contributed by atoms with Gasteiger partial charge in [0.15, 0.2) is 0 Å². The third-order valence-electron chi connectivity index (χ3n) is 2.35. The maximum absolute atomic E-state index is 10.1. The van der Waals surface area contributed by atoms with Crippen LogP contribution in [0.25, 0.3) is 0 Å². The molecule has 0 saturated carbocycles. The fraction of sp³-hybridized carbons (Fsp3) is 0.273. The summed E-state index contributed by atoms with van der Waals surface area (Å²) in [6.07, 6.45) is 4.18. The van der Waals surface area contributed by atoms with Gasteiger partial charge in [0.05, 0.1) is 19.0 Å². The average molecular weight is 219 g/mol. The van der Waals surface area contributed by atoms with Crippen LogP contribution >= 0.6 is 0 Å². The molecule has 0 spiro atoms. The third kappa shape index (κ3) is 1.90. The first kappa shape index (κ1) is 10.6. The summed E-state index contributed by atoms with van der Waals surface area (Å²) in [6, 6.07) is 3.49. The van der Waals surface area contributed by atoms with Crippen LogP contribution in [-0.2, 0) is 7.05 Å². The Bertz CT molecular complexity index is 482. The van der Waals surface area contributed by atoms with E-state index in [1.165, 1.54) is 0 Å². The van der Waals surface area contributed by atoms with E-state index in [1.54, 1.807) is 49.6 Å². The molecule has 0 aliphatic carbocycles. The van der Waals surface area contributed by atoms with Gasteiger partial charge < -0.3 is 9.84 Å². The molecule has 0 aliphatic rings. The van der Waals surface area contributed by atoms with Crippen molar-refractivity contribution in [1.29, 1.82) is 0 Å². The average Bonchev–Trinajstić information content (AvgIpc) is 2.75. The van der Waals surface area contributed by atoms with Crippen LogP contribution in [0.1, 0.15) is 17.4 Å². The minimum absolute atomic E-state index is 0.556. The van der Waals surface area contributed by atoms with Crippen LogP contribution in [0.2, 0.25) is 0 Å². The number of aliphatic hydroxyl groups excluding tert-OH is 1. The van der Waals surface area contributed by atoms with Crippen LogP contribution in [0.15, 0.2) is 30.7 Å². The minimum atomic E-state index is -0.792. The van der Waals surface area contributed by atoms with Crippen LogP contribution < -0.4 is 4.74 Å². The standard InChI is InChI=1S/C11H13N3O2/c1-14-6-4-9(13-14)11(15)8-3-5-12-7-10(8)16-2/h3-7,11,15H,1-2H3. The fourth-order valence-electron chi connectivity index (χ4n) is 1.53. The van der Waals surface area contributed by atoms with Gasteiger partial charge in [-0.05, 0) is 12.1 Å². The number of hydrogen-bond donors (Lipinski definition) is 1. The second-order valence-corrected chi connectivity index (χ2v) is 3.43. The predicted molar refractivity (Wildman–Crippen MR) is 58.1 cm³/mol. The molecule has 0 radical (unpaired) electrons. The highest BCUT2D eigenvalue weighted by Gasteiger charge is 2.17. The number of aliphatic hydroxyl groups is 1. The summed E-state index contributed by atoms with van der Waals surface area (Å²) < 4.78 is 6.78. The first-order valence-corrected chi connectivity index (χ1v) is 4.88. The molecule has 16 heavy (non-hydrogen) atoms. The Hall–Kier alpha value is -1.88. The van der Waals surface area contributed by atoms with Gasteiger partial charge in [0, 0.05) is 25.0 Å². The molecule has 0 bridgehead atoms. The van der Waals surface area contributed by atoms with Crippen LogP contribution in [-0.4, -0.2) is 27.0 Å². The van der Waals surface area contributed by atoms with Crippen molar-refractivity contribution in [3.8, 4) is 5.75 Å². The van der Waals surface area contributed by atoms with Gasteiger partial charge in [0.1, 0.15) is 11.9 Å². The lowest BCUT2D eigenvalue weighted by atomic mass is 10.1. The molecule has 0 fully saturated rings. The monoisotopic (exact) mass is 219 g/mol. The van der Waals surface area contributed by atoms with E-state index in [0.29, 0.717) is 17.0 Å². The molecule has 0 amide bonds. The van der Waals surface area contributed by atoms with E-state index in [2.05, 4.69) is 10.1 Å². The molecule has 2 aromatic heterocycles. The Morgan fingerprint density at radius 1 is 1.44 bits per heavy atom. The van der Waals surface area contributed by atoms with Crippen molar-refractivity contribution in [1.82, 2.24) is 14.8 Å². The smallest absolute Gasteiger partial charge is 0.143 e. The van der Waals surface area contributed by atoms with Gasteiger partial charge in [-0.1, -0.05) is 0 Å². The Morgan fingerprint density at radius 3 is 2.88 bits per heavy atom. The first-order chi connectivity index (χ1) is 7.72. The highest BCUT2D eigenvalue weighted by Crippen LogP contribution is 2.27. The Balaban J connectivity index is 2.36. The maximum atomic E-state index is 10.1. The number of aryl methyl sites for hydroxylation is 1. The molecule has 0 saturated heterocycles. The van der Waals surface area contributed by atoms with Crippen LogP contribution in [0.5, 0.6) is 5.75 Å². The number of ether oxygens (including phenoxy) is 1. The molecule has 0 aromatic carbocycles. The molecule has 1 atom stereocenters. The number of pyridine rings is 1. The summed E-state index contributed by atoms with van der Waals surface area (Å²) in [5.74, 6) is 0.556. The quantitative estimate of drug-likeness (QED) is 0.833. The summed E-state index contributed by atoms with van der Waals surface area (Å²) in [6.45, 7) is 0. The van der Waals surface area contributed by atoms with Crippen LogP contribution in [0.4, 0.5) is 0 Å². The SMILES string of the molecule is COc1cnccc1C(O)c1ccn(C)n1. The zero-order valence-electron chi connectivity index (χ0n) is 9.16. The predicted octanol–water partition coefficient (Wildman–Crippen LogP) is 0.905. The Morgan fingerprint density at radius 2 is 2.25 bits per heavy atom. The summed E-state index contributed by atoms with van der Waals surface area (Å²) >= 11 is 0. The summed E-state index contributed by atoms with van der Waals surface area (Å²) in [5.41, 5.74) is 1.25. The molecule has 2 aromatic rings. The topological polar surface area (TPSA) is 60.2 Å². The van der Waals surface area contributed by atoms with Gasteiger partial charge in [-0.15, -0.1) is 0 Å². The highest BCUT2D eigenvalue weighted by molar-refractivity contribution is 5.35. The number of hydrogen-bond acceptors (Lipinski definition) is 4. The van der Waals surface area contributed by atoms with E-state index < -0.39 is 6.10 Å². The van der Waals surface area contributed by atoms with E-state index in [1.807, 2.05) is 0 Å². The molecule has 84 valence electrons. The molecule has 2 rings (SSSR count). The van der Waals surface area contributed by atoms with E-state index in [0.717, 1.165) is 0 Å². The van der Waals surface area contributed by atoms with Crippen molar-refractivity contribution >= 4 is 0 Å². The summed E-state index contributed by atoms with van der Waals surface area (Å²) in [5, 5.41) is 14.3. The number of rotatable bonds is 3. The highest BCUT2D eigenvalue weighted by atomic mass is 16.5. The number of methoxy groups -OCH3 is 1. The molecular weight excluding hydrogens is 206 g/mol. The molecule has 0 aliphatic heterocycles. The van der Waals surface area contributed by atoms with E-state index >= 15 is 0 Å². The van der Waals surface area contributed by atoms with Crippen molar-refractivity contribution in [2.45, 2.75) is 6.10 Å². The molecule has 2 heterocycles. The lowest BCUT2D eigenvalue weighted by Gasteiger charge is -2.11. The van der Waals surface area contributed by atoms with Crippen molar-refractivity contribution in [3.63, 3.8) is 0 Å². The van der Waals surface area contributed by atoms with Crippen molar-refractivity contribution < 1.29 is 9.84 Å². The van der Waals surface area contributed by atoms with Crippen molar-refractivity contribution in [2.75, 3.05) is 7.11 Å². The van der Waals surface area contributed by atoms with E-state index in [-0.39, 0.29) is 0 Å². The lowest BCUT2D eigenvalue weighted by Crippen LogP contribution is -2.04. The number of aromatic nitrogens is 3. The first-order valence-electron chi connectivity index (χ1n) is 4.88. The van der Waals surface area contributed by atoms with Gasteiger partial charge >= 0.3 is 0 Å². The lowest BCUT2D eigenvalue weighted by molar-refractivity contribution is 0.208. The van der Waals surface area contributed by atoms with Crippen molar-refractivity contribution in [3.05, 3.63) is 42.0 Å². The van der Waals surface area contributed by atoms with Crippen molar-refractivity contribution in [2.24, 2.45) is 7.05 Å². The van der Waals surface area contributed by atoms with Gasteiger partial charge in [-0.3, -0.25) is 9.67 Å². The second kappa shape index (κ2) is 4.32. The molecular formula is C11H13N3O2. The van der Waals surface area contributed by atoms with Crippen LogP contribution in [0, 0.1) is 0 Å². The largest absolute Gasteiger partial charge is 0.495 e. The molecule has 1 N–H and O–H groups in total. The summed E-state index contributed by atoms with van der Waals surface area (Å²) in [7, 11) is 3.35. The zero-order valence-corrected chi connectivity index (χ0v) is 9.16. The normalized spacial score (nSPS) is 12.4. The third-order valence-corrected chi connectivity index (χ3v) is 2.35. The maximum Gasteiger partial charge on any atom is 0.143 e. The molecule has 5 heteroatoms.